The van der Waals surface area contributed by atoms with Crippen molar-refractivity contribution in [1.82, 2.24) is 35.4 Å². The lowest BCUT2D eigenvalue weighted by molar-refractivity contribution is -0.120. The number of anilines is 2. The molecule has 1 spiro atoms. The van der Waals surface area contributed by atoms with Crippen LogP contribution in [0, 0.1) is 34.8 Å². The van der Waals surface area contributed by atoms with Crippen molar-refractivity contribution in [3.63, 3.8) is 0 Å². The largest absolute Gasteiger partial charge is 0.508 e. The van der Waals surface area contributed by atoms with Crippen LogP contribution in [0.2, 0.25) is 0 Å². The van der Waals surface area contributed by atoms with E-state index < -0.39 is 11.6 Å². The smallest absolute Gasteiger partial charge is 0.328 e. The van der Waals surface area contributed by atoms with E-state index in [1.807, 2.05) is 12.1 Å². The molecule has 2 bridgehead atoms. The van der Waals surface area contributed by atoms with Gasteiger partial charge in [0.2, 0.25) is 5.91 Å². The van der Waals surface area contributed by atoms with Crippen molar-refractivity contribution in [1.29, 1.82) is 0 Å². The molecule has 68 heavy (non-hydrogen) atoms. The summed E-state index contributed by atoms with van der Waals surface area (Å²) >= 11 is 0. The number of hydrogen-bond donors (Lipinski definition) is 3. The zero-order valence-electron chi connectivity index (χ0n) is 38.3. The molecule has 15 heteroatoms. The van der Waals surface area contributed by atoms with Gasteiger partial charge in [-0.2, -0.15) is 9.97 Å². The van der Waals surface area contributed by atoms with Crippen LogP contribution in [0.15, 0.2) is 54.7 Å². The first-order valence-electron chi connectivity index (χ1n) is 24.6. The second kappa shape index (κ2) is 16.9. The molecule has 7 heterocycles. The molecule has 2 unspecified atom stereocenters. The molecule has 5 aliphatic heterocycles. The topological polar surface area (TPSA) is 139 Å². The number of ether oxygens (including phenoxy) is 1. The second-order valence-electron chi connectivity index (χ2n) is 21.0. The number of aromatic nitrogens is 3. The molecule has 3 N–H and O–H groups in total. The van der Waals surface area contributed by atoms with Crippen LogP contribution in [-0.2, 0) is 4.79 Å². The predicted octanol–water partition coefficient (Wildman–Crippen LogP) is 7.48. The minimum atomic E-state index is -0.714. The predicted molar refractivity (Wildman–Crippen MR) is 256 cm³/mol. The molecule has 352 valence electrons. The fraction of sp³-hybridized carbons (Fsp3) is 0.491. The van der Waals surface area contributed by atoms with Gasteiger partial charge in [0.05, 0.1) is 17.6 Å². The van der Waals surface area contributed by atoms with Crippen LogP contribution in [-0.4, -0.2) is 119 Å². The zero-order valence-corrected chi connectivity index (χ0v) is 38.3. The van der Waals surface area contributed by atoms with Crippen molar-refractivity contribution in [2.24, 2.45) is 10.8 Å². The number of piperazine rings is 1. The number of phenols is 1. The van der Waals surface area contributed by atoms with Crippen molar-refractivity contribution in [2.75, 3.05) is 68.8 Å². The number of benzene rings is 3. The van der Waals surface area contributed by atoms with Crippen molar-refractivity contribution in [3.8, 4) is 35.4 Å². The molecule has 3 aromatic carbocycles. The van der Waals surface area contributed by atoms with E-state index in [4.69, 9.17) is 21.1 Å². The third-order valence-electron chi connectivity index (χ3n) is 16.7. The van der Waals surface area contributed by atoms with Crippen LogP contribution in [0.3, 0.4) is 0 Å². The van der Waals surface area contributed by atoms with E-state index in [0.717, 1.165) is 90.0 Å². The fourth-order valence-electron chi connectivity index (χ4n) is 12.6. The number of nitrogens with one attached hydrogen (secondary N) is 2. The molecule has 0 radical (unpaired) electrons. The van der Waals surface area contributed by atoms with E-state index in [9.17, 15) is 14.7 Å². The molecular formula is C53H57F2N9O4. The number of imide groups is 1. The van der Waals surface area contributed by atoms with Crippen LogP contribution in [0.5, 0.6) is 11.8 Å². The van der Waals surface area contributed by atoms with Gasteiger partial charge in [0.15, 0.2) is 5.82 Å². The third-order valence-corrected chi connectivity index (χ3v) is 16.7. The molecular weight excluding hydrogens is 865 g/mol. The Kier molecular flexibility index (Phi) is 10.8. The quantitative estimate of drug-likeness (QED) is 0.120. The summed E-state index contributed by atoms with van der Waals surface area (Å²) in [5.41, 5.74) is 2.71. The number of pyridine rings is 1. The molecule has 7 fully saturated rings. The lowest BCUT2D eigenvalue weighted by Crippen LogP contribution is -2.56. The van der Waals surface area contributed by atoms with E-state index in [1.165, 1.54) is 55.5 Å². The van der Waals surface area contributed by atoms with E-state index in [1.54, 1.807) is 11.1 Å². The summed E-state index contributed by atoms with van der Waals surface area (Å²) in [6, 6.07) is 15.0. The van der Waals surface area contributed by atoms with Gasteiger partial charge in [0, 0.05) is 79.0 Å². The Hall–Kier alpha value is -5.95. The SMILES string of the molecule is C#Cc1c(F)ccc2cc(O)cc(-c3ncc4c(N5CC6CCC(C5)N6)nc(OCC5(CN6CCC7(CC6)CC(N6CCC(c8ccc(N9CCC(=O)NC9=O)cc8)CC6)C7)CC5)nc4c3F)c12. The molecule has 2 aromatic heterocycles. The number of fused-ring (bicyclic) bond motifs is 4. The zero-order chi connectivity index (χ0) is 46.3. The van der Waals surface area contributed by atoms with Crippen molar-refractivity contribution in [3.05, 3.63) is 77.5 Å². The maximum absolute atomic E-state index is 17.1. The number of carbonyl (C=O) groups excluding carboxylic acids is 2. The number of nitrogens with zero attached hydrogens (tertiary/aromatic N) is 7. The summed E-state index contributed by atoms with van der Waals surface area (Å²) in [4.78, 5) is 47.4. The number of hydrogen-bond acceptors (Lipinski definition) is 11. The van der Waals surface area contributed by atoms with Gasteiger partial charge in [-0.15, -0.1) is 6.42 Å². The summed E-state index contributed by atoms with van der Waals surface area (Å²) in [7, 11) is 0. The number of aromatic hydroxyl groups is 1. The average molecular weight is 922 g/mol. The summed E-state index contributed by atoms with van der Waals surface area (Å²) in [6.07, 6.45) is 19.2. The van der Waals surface area contributed by atoms with Crippen LogP contribution in [0.25, 0.3) is 32.9 Å². The van der Waals surface area contributed by atoms with Crippen molar-refractivity contribution >= 4 is 45.1 Å². The van der Waals surface area contributed by atoms with Crippen LogP contribution < -0.4 is 25.2 Å². The molecule has 3 amide bonds. The summed E-state index contributed by atoms with van der Waals surface area (Å²) in [5, 5.41) is 18.0. The molecule has 13 nitrogen and oxygen atoms in total. The first-order valence-corrected chi connectivity index (χ1v) is 24.6. The monoisotopic (exact) mass is 921 g/mol. The van der Waals surface area contributed by atoms with Crippen molar-refractivity contribution in [2.45, 2.75) is 94.7 Å². The Labute approximate surface area is 394 Å². The van der Waals surface area contributed by atoms with Gasteiger partial charge in [0.25, 0.3) is 0 Å². The number of amides is 3. The van der Waals surface area contributed by atoms with Crippen molar-refractivity contribution < 1.29 is 28.2 Å². The molecule has 2 aliphatic carbocycles. The number of rotatable bonds is 10. The summed E-state index contributed by atoms with van der Waals surface area (Å²) < 4.78 is 38.7. The molecule has 7 aliphatic rings. The van der Waals surface area contributed by atoms with Gasteiger partial charge in [0.1, 0.15) is 28.6 Å². The highest BCUT2D eigenvalue weighted by atomic mass is 19.1. The van der Waals surface area contributed by atoms with Gasteiger partial charge >= 0.3 is 12.0 Å². The maximum Gasteiger partial charge on any atom is 0.328 e. The lowest BCUT2D eigenvalue weighted by atomic mass is 9.59. The highest BCUT2D eigenvalue weighted by Gasteiger charge is 2.51. The number of terminal acetylenes is 1. The fourth-order valence-corrected chi connectivity index (χ4v) is 12.6. The number of carbonyl (C=O) groups is 2. The highest BCUT2D eigenvalue weighted by molar-refractivity contribution is 6.06. The average Bonchev–Trinajstić information content (AvgIpc) is 4.02. The maximum atomic E-state index is 17.1. The molecule has 2 atom stereocenters. The summed E-state index contributed by atoms with van der Waals surface area (Å²) in [6.45, 7) is 7.64. The number of phenolic OH excluding ortho intramolecular Hbond substituents is 1. The Morgan fingerprint density at radius 2 is 1.65 bits per heavy atom. The minimum absolute atomic E-state index is 0.00923. The van der Waals surface area contributed by atoms with Crippen LogP contribution in [0.1, 0.15) is 87.7 Å². The highest BCUT2D eigenvalue weighted by Crippen LogP contribution is 2.53. The normalized spacial score (nSPS) is 24.1. The van der Waals surface area contributed by atoms with Gasteiger partial charge in [-0.3, -0.25) is 20.0 Å². The Morgan fingerprint density at radius 1 is 0.897 bits per heavy atom. The standard InChI is InChI=1S/C53H57F2N9O4/c1-2-40-43(54)10-5-34-23-39(65)24-41(45(34)40)47-46(55)48-42(27-56-47)49(63-28-35-6-7-36(29-63)57-35)60-50(59-48)68-31-53(14-15-53)30-61-21-16-52(17-22-61)25-38(26-52)62-18-11-33(12-19-62)32-3-8-37(9-4-32)64-20-13-44(66)58-51(64)67/h1,3-5,8-10,23-24,27,33,35-36,38,57,65H,6-7,11-22,25-26,28-31H2,(H,58,66,67). The number of halogens is 2. The Morgan fingerprint density at radius 3 is 2.35 bits per heavy atom. The van der Waals surface area contributed by atoms with E-state index in [0.29, 0.717) is 71.0 Å². The molecule has 5 saturated heterocycles. The van der Waals surface area contributed by atoms with E-state index >= 15 is 8.78 Å². The second-order valence-corrected chi connectivity index (χ2v) is 21.0. The molecule has 5 aromatic rings. The minimum Gasteiger partial charge on any atom is -0.508 e. The Balaban J connectivity index is 0.690. The number of piperidine rings is 2. The van der Waals surface area contributed by atoms with E-state index in [-0.39, 0.29) is 51.5 Å². The van der Waals surface area contributed by atoms with E-state index in [2.05, 4.69) is 48.4 Å². The Bertz CT molecular complexity index is 2850. The first kappa shape index (κ1) is 43.3. The lowest BCUT2D eigenvalue weighted by Gasteiger charge is -2.56. The summed E-state index contributed by atoms with van der Waals surface area (Å²) in [5.74, 6) is 1.86. The molecule has 2 saturated carbocycles. The van der Waals surface area contributed by atoms with Gasteiger partial charge in [-0.05, 0) is 143 Å². The first-order chi connectivity index (χ1) is 33.0. The van der Waals surface area contributed by atoms with Gasteiger partial charge < -0.3 is 29.9 Å². The third kappa shape index (κ3) is 7.97. The van der Waals surface area contributed by atoms with Gasteiger partial charge in [-0.25, -0.2) is 13.6 Å². The van der Waals surface area contributed by atoms with Crippen LogP contribution >= 0.6 is 0 Å². The number of urea groups is 1. The van der Waals surface area contributed by atoms with Gasteiger partial charge in [-0.1, -0.05) is 24.1 Å². The van der Waals surface area contributed by atoms with Crippen LogP contribution in [0.4, 0.5) is 25.1 Å². The molecule has 12 rings (SSSR count). The number of likely N-dealkylation sites (tertiary alicyclic amines) is 2.